The number of likely N-dealkylation sites (N-methyl/N-ethyl adjacent to an activating group) is 4. The minimum atomic E-state index is -0.930. The van der Waals surface area contributed by atoms with E-state index in [1.54, 1.807) is 21.0 Å². The minimum Gasteiger partial charge on any atom is -0.342 e. The molecule has 1 heterocycles. The SMILES string of the molecule is CC[C@H](C)[C@H](NC(=O)[C@H](CC(C)C)N(C)C(=O)CN(C)C(=O)[C@H](C)N(C)C(=O)[C@H](Cc1ccccc1)N(C)C(C)=O)C(=O)N1CCCCC1. The molecule has 1 fully saturated rings. The van der Waals surface area contributed by atoms with Crippen molar-refractivity contribution >= 4 is 35.4 Å². The molecule has 0 unspecified atom stereocenters. The first-order chi connectivity index (χ1) is 23.0. The molecular weight excluding hydrogens is 624 g/mol. The zero-order chi connectivity index (χ0) is 37.0. The van der Waals surface area contributed by atoms with Crippen LogP contribution < -0.4 is 5.32 Å². The Kier molecular flexibility index (Phi) is 16.2. The molecule has 1 N–H and O–H groups in total. The van der Waals surface area contributed by atoms with Crippen molar-refractivity contribution < 1.29 is 28.8 Å². The van der Waals surface area contributed by atoms with E-state index in [9.17, 15) is 28.8 Å². The average Bonchev–Trinajstić information content (AvgIpc) is 3.09. The molecule has 0 spiro atoms. The molecule has 1 aromatic carbocycles. The lowest BCUT2D eigenvalue weighted by atomic mass is 9.95. The van der Waals surface area contributed by atoms with E-state index in [0.29, 0.717) is 25.9 Å². The van der Waals surface area contributed by atoms with Gasteiger partial charge in [-0.05, 0) is 50.0 Å². The fraction of sp³-hybridized carbons (Fsp3) is 0.676. The van der Waals surface area contributed by atoms with Gasteiger partial charge in [-0.25, -0.2) is 0 Å². The summed E-state index contributed by atoms with van der Waals surface area (Å²) >= 11 is 0. The van der Waals surface area contributed by atoms with E-state index >= 15 is 0 Å². The molecule has 1 aliphatic heterocycles. The molecule has 49 heavy (non-hydrogen) atoms. The van der Waals surface area contributed by atoms with Crippen molar-refractivity contribution in [3.63, 3.8) is 0 Å². The van der Waals surface area contributed by atoms with Gasteiger partial charge in [0.15, 0.2) is 0 Å². The van der Waals surface area contributed by atoms with Crippen LogP contribution in [0, 0.1) is 11.8 Å². The first kappa shape index (κ1) is 41.2. The third-order valence-corrected chi connectivity index (χ3v) is 9.86. The Morgan fingerprint density at radius 3 is 1.92 bits per heavy atom. The fourth-order valence-electron chi connectivity index (χ4n) is 6.05. The monoisotopic (exact) mass is 684 g/mol. The van der Waals surface area contributed by atoms with Crippen molar-refractivity contribution in [2.75, 3.05) is 47.8 Å². The van der Waals surface area contributed by atoms with Crippen LogP contribution in [0.3, 0.4) is 0 Å². The highest BCUT2D eigenvalue weighted by molar-refractivity contribution is 5.95. The van der Waals surface area contributed by atoms with Gasteiger partial charge < -0.3 is 29.8 Å². The van der Waals surface area contributed by atoms with E-state index in [0.717, 1.165) is 24.8 Å². The summed E-state index contributed by atoms with van der Waals surface area (Å²) in [6.07, 6.45) is 4.32. The lowest BCUT2D eigenvalue weighted by Crippen LogP contribution is -2.58. The van der Waals surface area contributed by atoms with E-state index in [2.05, 4.69) is 5.32 Å². The second-order valence-electron chi connectivity index (χ2n) is 14.1. The lowest BCUT2D eigenvalue weighted by Gasteiger charge is -2.36. The van der Waals surface area contributed by atoms with Crippen molar-refractivity contribution in [3.05, 3.63) is 35.9 Å². The smallest absolute Gasteiger partial charge is 0.246 e. The predicted octanol–water partition coefficient (Wildman–Crippen LogP) is 2.80. The van der Waals surface area contributed by atoms with Crippen LogP contribution in [0.1, 0.15) is 79.2 Å². The van der Waals surface area contributed by atoms with Crippen LogP contribution >= 0.6 is 0 Å². The number of benzene rings is 1. The molecule has 12 nitrogen and oxygen atoms in total. The van der Waals surface area contributed by atoms with Crippen LogP contribution in [0.5, 0.6) is 0 Å². The third kappa shape index (κ3) is 11.6. The van der Waals surface area contributed by atoms with Gasteiger partial charge in [0.1, 0.15) is 24.2 Å². The molecule has 1 saturated heterocycles. The standard InChI is InChI=1S/C37H60N6O6/c1-11-26(4)33(37(49)43-20-16-13-17-21-43)38-34(46)30(22-25(2)3)42(10)32(45)24-39(7)35(47)27(5)40(8)36(48)31(41(9)28(6)44)23-29-18-14-12-15-19-29/h12,14-15,18-19,25-27,30-31,33H,11,13,16-17,20-24H2,1-10H3,(H,38,46)/t26-,27-,30-,31-,33-/m0/s1. The molecule has 1 aliphatic rings. The topological polar surface area (TPSA) is 131 Å². The number of hydrogen-bond donors (Lipinski definition) is 1. The highest BCUT2D eigenvalue weighted by atomic mass is 16.2. The van der Waals surface area contributed by atoms with Gasteiger partial charge >= 0.3 is 0 Å². The molecule has 12 heteroatoms. The largest absolute Gasteiger partial charge is 0.342 e. The van der Waals surface area contributed by atoms with Crippen molar-refractivity contribution in [2.24, 2.45) is 11.8 Å². The molecule has 0 radical (unpaired) electrons. The number of piperidine rings is 1. The van der Waals surface area contributed by atoms with Crippen LogP contribution in [0.15, 0.2) is 30.3 Å². The van der Waals surface area contributed by atoms with Crippen LogP contribution in [0.2, 0.25) is 0 Å². The van der Waals surface area contributed by atoms with Gasteiger partial charge in [0.05, 0.1) is 6.54 Å². The number of carbonyl (C=O) groups is 6. The van der Waals surface area contributed by atoms with E-state index in [1.807, 2.05) is 62.9 Å². The molecule has 0 saturated carbocycles. The Balaban J connectivity index is 2.17. The number of likely N-dealkylation sites (tertiary alicyclic amines) is 1. The number of nitrogens with zero attached hydrogens (tertiary/aromatic N) is 5. The van der Waals surface area contributed by atoms with E-state index in [1.165, 1.54) is 40.6 Å². The molecule has 1 aromatic rings. The zero-order valence-electron chi connectivity index (χ0n) is 31.4. The van der Waals surface area contributed by atoms with Crippen molar-refractivity contribution in [1.29, 1.82) is 0 Å². The maximum absolute atomic E-state index is 13.8. The number of carbonyl (C=O) groups excluding carboxylic acids is 6. The minimum absolute atomic E-state index is 0.0712. The summed E-state index contributed by atoms with van der Waals surface area (Å²) in [5.41, 5.74) is 0.874. The maximum atomic E-state index is 13.8. The van der Waals surface area contributed by atoms with Crippen molar-refractivity contribution in [1.82, 2.24) is 29.8 Å². The van der Waals surface area contributed by atoms with Crippen molar-refractivity contribution in [3.8, 4) is 0 Å². The van der Waals surface area contributed by atoms with Gasteiger partial charge in [0.2, 0.25) is 35.4 Å². The van der Waals surface area contributed by atoms with Gasteiger partial charge in [0.25, 0.3) is 0 Å². The second kappa shape index (κ2) is 19.3. The third-order valence-electron chi connectivity index (χ3n) is 9.86. The van der Waals surface area contributed by atoms with Crippen molar-refractivity contribution in [2.45, 2.75) is 104 Å². The molecule has 0 aliphatic carbocycles. The second-order valence-corrected chi connectivity index (χ2v) is 14.1. The number of nitrogens with one attached hydrogen (secondary N) is 1. The average molecular weight is 685 g/mol. The highest BCUT2D eigenvalue weighted by Gasteiger charge is 2.37. The van der Waals surface area contributed by atoms with Gasteiger partial charge in [0, 0.05) is 54.6 Å². The first-order valence-electron chi connectivity index (χ1n) is 17.6. The van der Waals surface area contributed by atoms with Gasteiger partial charge in [-0.15, -0.1) is 0 Å². The molecule has 2 rings (SSSR count). The summed E-state index contributed by atoms with van der Waals surface area (Å²) < 4.78 is 0. The Bertz CT molecular complexity index is 1280. The highest BCUT2D eigenvalue weighted by Crippen LogP contribution is 2.19. The van der Waals surface area contributed by atoms with Crippen LogP contribution in [0.4, 0.5) is 0 Å². The number of amides is 6. The summed E-state index contributed by atoms with van der Waals surface area (Å²) in [4.78, 5) is 87.5. The molecular formula is C37H60N6O6. The Hall–Kier alpha value is -3.96. The van der Waals surface area contributed by atoms with E-state index in [4.69, 9.17) is 0 Å². The first-order valence-corrected chi connectivity index (χ1v) is 17.6. The summed E-state index contributed by atoms with van der Waals surface area (Å²) in [7, 11) is 6.11. The summed E-state index contributed by atoms with van der Waals surface area (Å²) in [6, 6.07) is 6.05. The number of hydrogen-bond acceptors (Lipinski definition) is 6. The number of rotatable bonds is 16. The summed E-state index contributed by atoms with van der Waals surface area (Å²) in [5.74, 6) is -2.09. The van der Waals surface area contributed by atoms with E-state index in [-0.39, 0.29) is 36.6 Å². The summed E-state index contributed by atoms with van der Waals surface area (Å²) in [6.45, 7) is 11.9. The fourth-order valence-corrected chi connectivity index (χ4v) is 6.05. The zero-order valence-corrected chi connectivity index (χ0v) is 31.4. The molecule has 274 valence electrons. The molecule has 6 amide bonds. The van der Waals surface area contributed by atoms with Gasteiger partial charge in [-0.2, -0.15) is 0 Å². The maximum Gasteiger partial charge on any atom is 0.246 e. The van der Waals surface area contributed by atoms with Crippen LogP contribution in [-0.2, 0) is 35.2 Å². The van der Waals surface area contributed by atoms with Gasteiger partial charge in [-0.3, -0.25) is 28.8 Å². The normalized spacial score (nSPS) is 16.1. The quantitative estimate of drug-likeness (QED) is 0.285. The van der Waals surface area contributed by atoms with Crippen LogP contribution in [-0.4, -0.2) is 132 Å². The predicted molar refractivity (Wildman–Crippen MR) is 190 cm³/mol. The molecule has 0 aromatic heterocycles. The summed E-state index contributed by atoms with van der Waals surface area (Å²) in [5, 5.41) is 3.00. The lowest BCUT2D eigenvalue weighted by molar-refractivity contribution is -0.150. The Morgan fingerprint density at radius 1 is 0.796 bits per heavy atom. The molecule has 5 atom stereocenters. The van der Waals surface area contributed by atoms with Crippen LogP contribution in [0.25, 0.3) is 0 Å². The molecule has 0 bridgehead atoms. The van der Waals surface area contributed by atoms with E-state index < -0.39 is 47.8 Å². The Morgan fingerprint density at radius 2 is 1.39 bits per heavy atom. The van der Waals surface area contributed by atoms with Gasteiger partial charge in [-0.1, -0.05) is 64.4 Å². The Labute approximate surface area is 293 Å².